The van der Waals surface area contributed by atoms with Gasteiger partial charge >= 0.3 is 0 Å². The van der Waals surface area contributed by atoms with Crippen LogP contribution in [-0.2, 0) is 19.5 Å². The number of aryl methyl sites for hydroxylation is 1. The maximum atomic E-state index is 5.83. The highest BCUT2D eigenvalue weighted by molar-refractivity contribution is 5.46. The largest absolute Gasteiger partial charge is 0.399 e. The number of rotatable bonds is 4. The van der Waals surface area contributed by atoms with Crippen LogP contribution in [0, 0.1) is 0 Å². The fraction of sp³-hybridized carbons (Fsp3) is 0.294. The molecule has 0 aromatic heterocycles. The molecule has 98 valence electrons. The smallest absolute Gasteiger partial charge is 0.0317 e. The Morgan fingerprint density at radius 3 is 2.58 bits per heavy atom. The molecule has 0 saturated carbocycles. The molecule has 2 aromatic rings. The van der Waals surface area contributed by atoms with Crippen molar-refractivity contribution in [2.45, 2.75) is 25.9 Å². The number of nitrogens with zero attached hydrogens (tertiary/aromatic N) is 1. The predicted octanol–water partition coefficient (Wildman–Crippen LogP) is 3.22. The van der Waals surface area contributed by atoms with Gasteiger partial charge in [-0.25, -0.2) is 0 Å². The third-order valence-electron chi connectivity index (χ3n) is 3.80. The normalized spacial score (nSPS) is 14.5. The van der Waals surface area contributed by atoms with E-state index in [0.29, 0.717) is 0 Å². The van der Waals surface area contributed by atoms with Crippen LogP contribution in [0.1, 0.15) is 23.1 Å². The molecule has 0 spiro atoms. The molecule has 0 radical (unpaired) electrons. The molecule has 0 atom stereocenters. The zero-order chi connectivity index (χ0) is 13.1. The highest BCUT2D eigenvalue weighted by Crippen LogP contribution is 2.24. The number of fused-ring (bicyclic) bond motifs is 1. The van der Waals surface area contributed by atoms with Gasteiger partial charge in [-0.15, -0.1) is 0 Å². The Hall–Kier alpha value is -1.80. The summed E-state index contributed by atoms with van der Waals surface area (Å²) in [6.45, 7) is 3.28. The molecule has 0 bridgehead atoms. The van der Waals surface area contributed by atoms with Gasteiger partial charge in [-0.1, -0.05) is 36.4 Å². The van der Waals surface area contributed by atoms with Crippen LogP contribution >= 0.6 is 0 Å². The van der Waals surface area contributed by atoms with E-state index >= 15 is 0 Å². The maximum absolute atomic E-state index is 5.83. The van der Waals surface area contributed by atoms with Crippen LogP contribution in [0.2, 0.25) is 0 Å². The van der Waals surface area contributed by atoms with E-state index in [2.05, 4.69) is 47.4 Å². The molecule has 2 aromatic carbocycles. The molecule has 19 heavy (non-hydrogen) atoms. The highest BCUT2D eigenvalue weighted by Gasteiger charge is 2.18. The SMILES string of the molecule is Nc1ccc2c(c1)CN(CCCc1ccccc1)C2. The van der Waals surface area contributed by atoms with Gasteiger partial charge in [0.2, 0.25) is 0 Å². The molecule has 2 N–H and O–H groups in total. The standard InChI is InChI=1S/C17H20N2/c18-17-9-8-15-12-19(13-16(15)11-17)10-4-7-14-5-2-1-3-6-14/h1-3,5-6,8-9,11H,4,7,10,12-13,18H2. The van der Waals surface area contributed by atoms with Gasteiger partial charge in [0, 0.05) is 18.8 Å². The number of hydrogen-bond acceptors (Lipinski definition) is 2. The maximum Gasteiger partial charge on any atom is 0.0317 e. The van der Waals surface area contributed by atoms with Crippen molar-refractivity contribution >= 4 is 5.69 Å². The first-order valence-corrected chi connectivity index (χ1v) is 6.95. The third-order valence-corrected chi connectivity index (χ3v) is 3.80. The summed E-state index contributed by atoms with van der Waals surface area (Å²) < 4.78 is 0. The number of hydrogen-bond donors (Lipinski definition) is 1. The second-order valence-electron chi connectivity index (χ2n) is 5.33. The minimum absolute atomic E-state index is 0.880. The topological polar surface area (TPSA) is 29.3 Å². The van der Waals surface area contributed by atoms with E-state index in [1.807, 2.05) is 6.07 Å². The summed E-state index contributed by atoms with van der Waals surface area (Å²) in [7, 11) is 0. The lowest BCUT2D eigenvalue weighted by atomic mass is 10.1. The van der Waals surface area contributed by atoms with Crippen LogP contribution in [0.5, 0.6) is 0 Å². The summed E-state index contributed by atoms with van der Waals surface area (Å²) in [4.78, 5) is 2.51. The number of nitrogens with two attached hydrogens (primary N) is 1. The summed E-state index contributed by atoms with van der Waals surface area (Å²) >= 11 is 0. The van der Waals surface area contributed by atoms with Gasteiger partial charge in [-0.05, 0) is 48.2 Å². The fourth-order valence-electron chi connectivity index (χ4n) is 2.79. The predicted molar refractivity (Wildman–Crippen MR) is 79.7 cm³/mol. The molecular weight excluding hydrogens is 232 g/mol. The molecule has 0 unspecified atom stereocenters. The van der Waals surface area contributed by atoms with Gasteiger partial charge in [0.15, 0.2) is 0 Å². The Morgan fingerprint density at radius 1 is 0.947 bits per heavy atom. The first-order valence-electron chi connectivity index (χ1n) is 6.95. The molecule has 2 nitrogen and oxygen atoms in total. The van der Waals surface area contributed by atoms with E-state index in [4.69, 9.17) is 5.73 Å². The number of anilines is 1. The van der Waals surface area contributed by atoms with E-state index in [1.54, 1.807) is 0 Å². The van der Waals surface area contributed by atoms with E-state index < -0.39 is 0 Å². The van der Waals surface area contributed by atoms with Crippen molar-refractivity contribution < 1.29 is 0 Å². The summed E-state index contributed by atoms with van der Waals surface area (Å²) in [5, 5.41) is 0. The molecule has 0 amide bonds. The van der Waals surface area contributed by atoms with Gasteiger partial charge in [0.25, 0.3) is 0 Å². The summed E-state index contributed by atoms with van der Waals surface area (Å²) in [5.74, 6) is 0. The van der Waals surface area contributed by atoms with Crippen molar-refractivity contribution in [2.24, 2.45) is 0 Å². The molecular formula is C17H20N2. The first kappa shape index (κ1) is 12.2. The molecule has 1 aliphatic rings. The van der Waals surface area contributed by atoms with Gasteiger partial charge in [-0.3, -0.25) is 4.90 Å². The average Bonchev–Trinajstić information content (AvgIpc) is 2.82. The molecule has 0 aliphatic carbocycles. The minimum atomic E-state index is 0.880. The van der Waals surface area contributed by atoms with Crippen molar-refractivity contribution in [1.29, 1.82) is 0 Å². The second-order valence-corrected chi connectivity index (χ2v) is 5.33. The van der Waals surface area contributed by atoms with Crippen LogP contribution in [0.15, 0.2) is 48.5 Å². The number of benzene rings is 2. The van der Waals surface area contributed by atoms with E-state index in [0.717, 1.165) is 31.7 Å². The quantitative estimate of drug-likeness (QED) is 0.847. The lowest BCUT2D eigenvalue weighted by Gasteiger charge is -2.14. The summed E-state index contributed by atoms with van der Waals surface area (Å²) in [6.07, 6.45) is 2.38. The zero-order valence-electron chi connectivity index (χ0n) is 11.2. The fourth-order valence-corrected chi connectivity index (χ4v) is 2.79. The zero-order valence-corrected chi connectivity index (χ0v) is 11.2. The van der Waals surface area contributed by atoms with E-state index in [1.165, 1.54) is 23.1 Å². The molecule has 0 saturated heterocycles. The van der Waals surface area contributed by atoms with Crippen molar-refractivity contribution in [3.05, 3.63) is 65.2 Å². The summed E-state index contributed by atoms with van der Waals surface area (Å²) in [6, 6.07) is 17.0. The third kappa shape index (κ3) is 2.96. The minimum Gasteiger partial charge on any atom is -0.399 e. The van der Waals surface area contributed by atoms with Crippen LogP contribution in [0.25, 0.3) is 0 Å². The van der Waals surface area contributed by atoms with Crippen molar-refractivity contribution in [2.75, 3.05) is 12.3 Å². The highest BCUT2D eigenvalue weighted by atomic mass is 15.1. The lowest BCUT2D eigenvalue weighted by molar-refractivity contribution is 0.280. The Kier molecular flexibility index (Phi) is 3.51. The monoisotopic (exact) mass is 252 g/mol. The van der Waals surface area contributed by atoms with Crippen molar-refractivity contribution in [3.63, 3.8) is 0 Å². The van der Waals surface area contributed by atoms with Gasteiger partial charge in [-0.2, -0.15) is 0 Å². The van der Waals surface area contributed by atoms with Gasteiger partial charge in [0.1, 0.15) is 0 Å². The summed E-state index contributed by atoms with van der Waals surface area (Å²) in [5.41, 5.74) is 11.0. The average molecular weight is 252 g/mol. The van der Waals surface area contributed by atoms with Gasteiger partial charge in [0.05, 0.1) is 0 Å². The molecule has 1 aliphatic heterocycles. The Bertz CT molecular complexity index is 548. The van der Waals surface area contributed by atoms with E-state index in [9.17, 15) is 0 Å². The van der Waals surface area contributed by atoms with Crippen LogP contribution < -0.4 is 5.73 Å². The molecule has 2 heteroatoms. The first-order chi connectivity index (χ1) is 9.31. The Labute approximate surface area is 114 Å². The van der Waals surface area contributed by atoms with Crippen LogP contribution in [0.3, 0.4) is 0 Å². The number of nitrogen functional groups attached to an aromatic ring is 1. The Morgan fingerprint density at radius 2 is 1.74 bits per heavy atom. The molecule has 1 heterocycles. The molecule has 0 fully saturated rings. The van der Waals surface area contributed by atoms with Crippen molar-refractivity contribution in [1.82, 2.24) is 4.90 Å². The second kappa shape index (κ2) is 5.45. The van der Waals surface area contributed by atoms with E-state index in [-0.39, 0.29) is 0 Å². The van der Waals surface area contributed by atoms with Crippen molar-refractivity contribution in [3.8, 4) is 0 Å². The van der Waals surface area contributed by atoms with Gasteiger partial charge < -0.3 is 5.73 Å². The van der Waals surface area contributed by atoms with Crippen LogP contribution in [-0.4, -0.2) is 11.4 Å². The Balaban J connectivity index is 1.51. The lowest BCUT2D eigenvalue weighted by Crippen LogP contribution is -2.18. The molecule has 3 rings (SSSR count). The van der Waals surface area contributed by atoms with Crippen LogP contribution in [0.4, 0.5) is 5.69 Å².